The van der Waals surface area contributed by atoms with Crippen LogP contribution in [0.4, 0.5) is 4.79 Å². The van der Waals surface area contributed by atoms with E-state index in [9.17, 15) is 14.4 Å². The average molecular weight is 243 g/mol. The highest BCUT2D eigenvalue weighted by molar-refractivity contribution is 5.78. The maximum absolute atomic E-state index is 11.6. The number of aliphatic carboxylic acids is 1. The molecule has 3 amide bonds. The zero-order chi connectivity index (χ0) is 12.8. The molecule has 96 valence electrons. The van der Waals surface area contributed by atoms with E-state index in [1.807, 2.05) is 0 Å². The Kier molecular flexibility index (Phi) is 4.74. The number of carboxylic acids is 1. The molecule has 1 heterocycles. The molecule has 0 aromatic rings. The third kappa shape index (κ3) is 4.29. The highest BCUT2D eigenvalue weighted by Crippen LogP contribution is 2.16. The molecule has 0 aromatic carbocycles. The Labute approximate surface area is 98.9 Å². The number of carbonyl (C=O) groups excluding carboxylic acids is 2. The third-order valence-corrected chi connectivity index (χ3v) is 2.71. The number of amides is 3. The van der Waals surface area contributed by atoms with Crippen molar-refractivity contribution in [3.05, 3.63) is 0 Å². The van der Waals surface area contributed by atoms with Crippen LogP contribution in [0.25, 0.3) is 0 Å². The lowest BCUT2D eigenvalue weighted by atomic mass is 9.99. The van der Waals surface area contributed by atoms with Gasteiger partial charge in [-0.3, -0.25) is 9.59 Å². The fraction of sp³-hybridized carbons (Fsp3) is 0.700. The number of carbonyl (C=O) groups is 3. The van der Waals surface area contributed by atoms with E-state index in [-0.39, 0.29) is 25.5 Å². The van der Waals surface area contributed by atoms with Gasteiger partial charge in [-0.15, -0.1) is 0 Å². The van der Waals surface area contributed by atoms with E-state index in [0.29, 0.717) is 19.4 Å². The predicted octanol–water partition coefficient (Wildman–Crippen LogP) is -0.632. The zero-order valence-electron chi connectivity index (χ0n) is 9.52. The summed E-state index contributed by atoms with van der Waals surface area (Å²) >= 11 is 0. The molecule has 7 nitrogen and oxygen atoms in total. The van der Waals surface area contributed by atoms with Crippen molar-refractivity contribution in [2.75, 3.05) is 19.6 Å². The van der Waals surface area contributed by atoms with Gasteiger partial charge in [0.15, 0.2) is 0 Å². The molecule has 17 heavy (non-hydrogen) atoms. The van der Waals surface area contributed by atoms with Gasteiger partial charge in [-0.2, -0.15) is 0 Å². The Morgan fingerprint density at radius 2 is 2.12 bits per heavy atom. The van der Waals surface area contributed by atoms with Gasteiger partial charge in [-0.1, -0.05) is 0 Å². The second kappa shape index (κ2) is 6.07. The topological polar surface area (TPSA) is 113 Å². The fourth-order valence-corrected chi connectivity index (χ4v) is 1.77. The number of nitrogens with zero attached hydrogens (tertiary/aromatic N) is 1. The van der Waals surface area contributed by atoms with E-state index >= 15 is 0 Å². The largest absolute Gasteiger partial charge is 0.481 e. The van der Waals surface area contributed by atoms with Crippen molar-refractivity contribution in [3.8, 4) is 0 Å². The van der Waals surface area contributed by atoms with Crippen LogP contribution in [0.1, 0.15) is 19.3 Å². The number of piperidine rings is 1. The number of nitrogens with two attached hydrogens (primary N) is 1. The first-order valence-electron chi connectivity index (χ1n) is 5.54. The summed E-state index contributed by atoms with van der Waals surface area (Å²) in [4.78, 5) is 34.4. The SMILES string of the molecule is NC(=O)CCNC(=O)N1CCC[C@H](C(=O)O)C1. The summed E-state index contributed by atoms with van der Waals surface area (Å²) in [5, 5.41) is 11.4. The van der Waals surface area contributed by atoms with Crippen LogP contribution in [-0.2, 0) is 9.59 Å². The summed E-state index contributed by atoms with van der Waals surface area (Å²) in [5.41, 5.74) is 4.94. The molecule has 0 spiro atoms. The molecule has 1 fully saturated rings. The van der Waals surface area contributed by atoms with E-state index in [4.69, 9.17) is 10.8 Å². The van der Waals surface area contributed by atoms with Crippen LogP contribution in [0.15, 0.2) is 0 Å². The maximum atomic E-state index is 11.6. The van der Waals surface area contributed by atoms with Gasteiger partial charge in [-0.05, 0) is 12.8 Å². The van der Waals surface area contributed by atoms with Crippen molar-refractivity contribution < 1.29 is 19.5 Å². The number of rotatable bonds is 4. The fourth-order valence-electron chi connectivity index (χ4n) is 1.77. The van der Waals surface area contributed by atoms with Gasteiger partial charge >= 0.3 is 12.0 Å². The van der Waals surface area contributed by atoms with Gasteiger partial charge in [0.2, 0.25) is 5.91 Å². The number of hydrogen-bond donors (Lipinski definition) is 3. The first-order chi connectivity index (χ1) is 8.00. The number of carboxylic acid groups (broad SMARTS) is 1. The van der Waals surface area contributed by atoms with E-state index < -0.39 is 17.8 Å². The van der Waals surface area contributed by atoms with Gasteiger partial charge in [0.25, 0.3) is 0 Å². The number of likely N-dealkylation sites (tertiary alicyclic amines) is 1. The van der Waals surface area contributed by atoms with E-state index in [2.05, 4.69) is 5.32 Å². The first kappa shape index (κ1) is 13.3. The Balaban J connectivity index is 2.35. The van der Waals surface area contributed by atoms with Gasteiger partial charge in [0.05, 0.1) is 5.92 Å². The molecule has 1 aliphatic rings. The summed E-state index contributed by atoms with van der Waals surface area (Å²) in [5.74, 6) is -1.85. The van der Waals surface area contributed by atoms with Crippen LogP contribution >= 0.6 is 0 Å². The average Bonchev–Trinajstić information content (AvgIpc) is 2.28. The van der Waals surface area contributed by atoms with Crippen LogP contribution < -0.4 is 11.1 Å². The van der Waals surface area contributed by atoms with Crippen molar-refractivity contribution in [1.82, 2.24) is 10.2 Å². The quantitative estimate of drug-likeness (QED) is 0.610. The molecule has 1 rings (SSSR count). The molecule has 0 aromatic heterocycles. The van der Waals surface area contributed by atoms with Crippen LogP contribution in [0.2, 0.25) is 0 Å². The standard InChI is InChI=1S/C10H17N3O4/c11-8(14)3-4-12-10(17)13-5-1-2-7(6-13)9(15)16/h7H,1-6H2,(H2,11,14)(H,12,17)(H,15,16)/t7-/m0/s1. The lowest BCUT2D eigenvalue weighted by molar-refractivity contribution is -0.143. The summed E-state index contributed by atoms with van der Waals surface area (Å²) in [6.45, 7) is 0.951. The first-order valence-corrected chi connectivity index (χ1v) is 5.54. The van der Waals surface area contributed by atoms with Crippen molar-refractivity contribution >= 4 is 17.9 Å². The lowest BCUT2D eigenvalue weighted by Gasteiger charge is -2.30. The van der Waals surface area contributed by atoms with Crippen LogP contribution in [0.3, 0.4) is 0 Å². The van der Waals surface area contributed by atoms with Crippen molar-refractivity contribution in [1.29, 1.82) is 0 Å². The summed E-state index contributed by atoms with van der Waals surface area (Å²) in [6, 6.07) is -0.336. The molecule has 7 heteroatoms. The second-order valence-corrected chi connectivity index (χ2v) is 4.07. The summed E-state index contributed by atoms with van der Waals surface area (Å²) in [6.07, 6.45) is 1.36. The Bertz CT molecular complexity index is 319. The summed E-state index contributed by atoms with van der Waals surface area (Å²) < 4.78 is 0. The molecule has 0 radical (unpaired) electrons. The molecule has 1 atom stereocenters. The third-order valence-electron chi connectivity index (χ3n) is 2.71. The van der Waals surface area contributed by atoms with E-state index in [1.165, 1.54) is 4.90 Å². The normalized spacial score (nSPS) is 19.8. The van der Waals surface area contributed by atoms with Crippen LogP contribution in [0, 0.1) is 5.92 Å². The lowest BCUT2D eigenvalue weighted by Crippen LogP contribution is -2.47. The van der Waals surface area contributed by atoms with Crippen molar-refractivity contribution in [2.45, 2.75) is 19.3 Å². The van der Waals surface area contributed by atoms with Gasteiger partial charge in [0.1, 0.15) is 0 Å². The number of primary amides is 1. The van der Waals surface area contributed by atoms with Crippen LogP contribution in [0.5, 0.6) is 0 Å². The van der Waals surface area contributed by atoms with E-state index in [1.54, 1.807) is 0 Å². The highest BCUT2D eigenvalue weighted by Gasteiger charge is 2.27. The number of hydrogen-bond acceptors (Lipinski definition) is 3. The number of nitrogens with one attached hydrogen (secondary N) is 1. The van der Waals surface area contributed by atoms with Crippen molar-refractivity contribution in [2.24, 2.45) is 11.7 Å². The van der Waals surface area contributed by atoms with Crippen molar-refractivity contribution in [3.63, 3.8) is 0 Å². The van der Waals surface area contributed by atoms with Gasteiger partial charge in [-0.25, -0.2) is 4.79 Å². The molecule has 1 aliphatic heterocycles. The van der Waals surface area contributed by atoms with Crippen LogP contribution in [-0.4, -0.2) is 47.5 Å². The predicted molar refractivity (Wildman–Crippen MR) is 59.1 cm³/mol. The maximum Gasteiger partial charge on any atom is 0.317 e. The second-order valence-electron chi connectivity index (χ2n) is 4.07. The van der Waals surface area contributed by atoms with Gasteiger partial charge in [0, 0.05) is 26.1 Å². The molecule has 0 bridgehead atoms. The monoisotopic (exact) mass is 243 g/mol. The highest BCUT2D eigenvalue weighted by atomic mass is 16.4. The minimum Gasteiger partial charge on any atom is -0.481 e. The molecule has 4 N–H and O–H groups in total. The Morgan fingerprint density at radius 3 is 2.71 bits per heavy atom. The molecule has 0 saturated carbocycles. The minimum atomic E-state index is -0.875. The zero-order valence-corrected chi connectivity index (χ0v) is 9.52. The Hall–Kier alpha value is -1.79. The van der Waals surface area contributed by atoms with E-state index in [0.717, 1.165) is 0 Å². The minimum absolute atomic E-state index is 0.0853. The molecule has 0 aliphatic carbocycles. The van der Waals surface area contributed by atoms with Gasteiger partial charge < -0.3 is 21.1 Å². The molecule has 1 saturated heterocycles. The molecular weight excluding hydrogens is 226 g/mol. The molecular formula is C10H17N3O4. The smallest absolute Gasteiger partial charge is 0.317 e. The Morgan fingerprint density at radius 1 is 1.41 bits per heavy atom. The summed E-state index contributed by atoms with van der Waals surface area (Å²) in [7, 11) is 0. The molecule has 0 unspecified atom stereocenters. The number of urea groups is 1.